The molecule has 1 amide bonds. The Morgan fingerprint density at radius 3 is 2.54 bits per heavy atom. The van der Waals surface area contributed by atoms with Crippen molar-refractivity contribution in [3.05, 3.63) is 35.1 Å². The second-order valence-corrected chi connectivity index (χ2v) is 8.21. The van der Waals surface area contributed by atoms with E-state index < -0.39 is 11.6 Å². The second-order valence-electron chi connectivity index (χ2n) is 8.21. The highest BCUT2D eigenvalue weighted by molar-refractivity contribution is 5.89. The fraction of sp³-hybridized carbons (Fsp3) is 0.600. The van der Waals surface area contributed by atoms with Crippen LogP contribution in [0.4, 0.5) is 9.18 Å². The van der Waals surface area contributed by atoms with Crippen LogP contribution in [0.15, 0.2) is 18.2 Å². The zero-order chi connectivity index (χ0) is 19.1. The molecular formula is C20H26FNO4. The molecule has 0 bridgehead atoms. The van der Waals surface area contributed by atoms with Gasteiger partial charge in [-0.15, -0.1) is 0 Å². The third kappa shape index (κ3) is 4.34. The Kier molecular flexibility index (Phi) is 4.95. The van der Waals surface area contributed by atoms with Crippen LogP contribution < -0.4 is 0 Å². The van der Waals surface area contributed by atoms with Gasteiger partial charge in [-0.1, -0.05) is 0 Å². The molecule has 0 unspecified atom stereocenters. The van der Waals surface area contributed by atoms with Gasteiger partial charge in [-0.25, -0.2) is 14.0 Å². The first-order chi connectivity index (χ1) is 12.2. The van der Waals surface area contributed by atoms with Crippen molar-refractivity contribution in [3.63, 3.8) is 0 Å². The van der Waals surface area contributed by atoms with Crippen molar-refractivity contribution in [1.82, 2.24) is 4.90 Å². The number of halogens is 1. The van der Waals surface area contributed by atoms with Gasteiger partial charge < -0.3 is 14.4 Å². The minimum absolute atomic E-state index is 0.0900. The van der Waals surface area contributed by atoms with Gasteiger partial charge >= 0.3 is 12.1 Å². The summed E-state index contributed by atoms with van der Waals surface area (Å²) in [4.78, 5) is 26.1. The van der Waals surface area contributed by atoms with Crippen molar-refractivity contribution in [2.75, 3.05) is 13.7 Å². The van der Waals surface area contributed by atoms with Gasteiger partial charge in [-0.3, -0.25) is 0 Å². The molecule has 5 nitrogen and oxygen atoms in total. The topological polar surface area (TPSA) is 55.8 Å². The fourth-order valence-corrected chi connectivity index (χ4v) is 3.18. The van der Waals surface area contributed by atoms with E-state index in [-0.39, 0.29) is 23.9 Å². The maximum Gasteiger partial charge on any atom is 0.410 e. The number of benzene rings is 1. The zero-order valence-corrected chi connectivity index (χ0v) is 15.8. The lowest BCUT2D eigenvalue weighted by Crippen LogP contribution is -2.40. The largest absolute Gasteiger partial charge is 0.465 e. The lowest BCUT2D eigenvalue weighted by atomic mass is 10.1. The normalized spacial score (nSPS) is 21.9. The van der Waals surface area contributed by atoms with Gasteiger partial charge in [-0.05, 0) is 69.7 Å². The molecule has 1 aromatic rings. The smallest absolute Gasteiger partial charge is 0.410 e. The van der Waals surface area contributed by atoms with Crippen molar-refractivity contribution >= 4 is 12.1 Å². The molecule has 2 aliphatic carbocycles. The number of hydrogen-bond acceptors (Lipinski definition) is 4. The fourth-order valence-electron chi connectivity index (χ4n) is 3.18. The molecule has 0 heterocycles. The van der Waals surface area contributed by atoms with Gasteiger partial charge in [-0.2, -0.15) is 0 Å². The number of esters is 1. The molecule has 0 radical (unpaired) electrons. The molecule has 0 saturated heterocycles. The number of hydrogen-bond donors (Lipinski definition) is 0. The third-order valence-corrected chi connectivity index (χ3v) is 4.75. The number of rotatable bonds is 5. The van der Waals surface area contributed by atoms with Crippen molar-refractivity contribution in [3.8, 4) is 0 Å². The molecule has 2 aliphatic rings. The molecule has 142 valence electrons. The Morgan fingerprint density at radius 2 is 1.96 bits per heavy atom. The van der Waals surface area contributed by atoms with Gasteiger partial charge in [0.15, 0.2) is 0 Å². The highest BCUT2D eigenvalue weighted by atomic mass is 19.1. The van der Waals surface area contributed by atoms with Crippen LogP contribution in [0, 0.1) is 11.7 Å². The van der Waals surface area contributed by atoms with E-state index in [0.717, 1.165) is 12.8 Å². The van der Waals surface area contributed by atoms with E-state index >= 15 is 0 Å². The summed E-state index contributed by atoms with van der Waals surface area (Å²) in [5.41, 5.74) is 0.210. The standard InChI is InChI=1S/C20H26FNO4/c1-20(2,3)26-19(24)22(11-12-5-6-12)17-10-15(17)14-9-13(18(23)25-4)7-8-16(14)21/h7-9,12,15,17H,5-6,10-11H2,1-4H3/t15-,17+/m0/s1. The van der Waals surface area contributed by atoms with Gasteiger partial charge in [0, 0.05) is 18.5 Å². The van der Waals surface area contributed by atoms with E-state index in [0.29, 0.717) is 30.0 Å². The maximum absolute atomic E-state index is 14.3. The van der Waals surface area contributed by atoms with Gasteiger partial charge in [0.1, 0.15) is 11.4 Å². The summed E-state index contributed by atoms with van der Waals surface area (Å²) >= 11 is 0. The molecule has 0 aromatic heterocycles. The number of nitrogens with zero attached hydrogens (tertiary/aromatic N) is 1. The molecule has 0 aliphatic heterocycles. The zero-order valence-electron chi connectivity index (χ0n) is 15.8. The molecule has 2 atom stereocenters. The van der Waals surface area contributed by atoms with Gasteiger partial charge in [0.2, 0.25) is 0 Å². The van der Waals surface area contributed by atoms with Crippen LogP contribution in [0.25, 0.3) is 0 Å². The molecular weight excluding hydrogens is 337 g/mol. The lowest BCUT2D eigenvalue weighted by molar-refractivity contribution is 0.0220. The summed E-state index contributed by atoms with van der Waals surface area (Å²) in [5.74, 6) is -0.466. The van der Waals surface area contributed by atoms with Crippen molar-refractivity contribution in [1.29, 1.82) is 0 Å². The molecule has 0 spiro atoms. The van der Waals surface area contributed by atoms with E-state index in [1.54, 1.807) is 4.90 Å². The van der Waals surface area contributed by atoms with Crippen LogP contribution in [-0.4, -0.2) is 42.3 Å². The summed E-state index contributed by atoms with van der Waals surface area (Å²) in [5, 5.41) is 0. The lowest BCUT2D eigenvalue weighted by Gasteiger charge is -2.28. The molecule has 2 saturated carbocycles. The Hall–Kier alpha value is -2.11. The molecule has 2 fully saturated rings. The SMILES string of the molecule is COC(=O)c1ccc(F)c([C@@H]2C[C@H]2N(CC2CC2)C(=O)OC(C)(C)C)c1. The Morgan fingerprint density at radius 1 is 1.27 bits per heavy atom. The average Bonchev–Trinajstić information content (AvgIpc) is 3.45. The number of ether oxygens (including phenoxy) is 2. The van der Waals surface area contributed by atoms with Gasteiger partial charge in [0.25, 0.3) is 0 Å². The average molecular weight is 363 g/mol. The molecule has 1 aromatic carbocycles. The molecule has 6 heteroatoms. The van der Waals surface area contributed by atoms with Crippen LogP contribution in [-0.2, 0) is 9.47 Å². The van der Waals surface area contributed by atoms with E-state index in [2.05, 4.69) is 0 Å². The number of carbonyl (C=O) groups is 2. The number of amides is 1. The first-order valence-corrected chi connectivity index (χ1v) is 9.07. The Bertz CT molecular complexity index is 708. The predicted octanol–water partition coefficient (Wildman–Crippen LogP) is 4.12. The van der Waals surface area contributed by atoms with E-state index in [1.165, 1.54) is 25.3 Å². The molecule has 3 rings (SSSR count). The molecule has 0 N–H and O–H groups in total. The Labute approximate surface area is 153 Å². The minimum Gasteiger partial charge on any atom is -0.465 e. The van der Waals surface area contributed by atoms with Crippen LogP contribution in [0.1, 0.15) is 61.9 Å². The van der Waals surface area contributed by atoms with Crippen LogP contribution >= 0.6 is 0 Å². The summed E-state index contributed by atoms with van der Waals surface area (Å²) in [6, 6.07) is 4.15. The predicted molar refractivity (Wildman–Crippen MR) is 94.5 cm³/mol. The summed E-state index contributed by atoms with van der Waals surface area (Å²) in [6.07, 6.45) is 2.56. The van der Waals surface area contributed by atoms with Crippen LogP contribution in [0.5, 0.6) is 0 Å². The maximum atomic E-state index is 14.3. The van der Waals surface area contributed by atoms with E-state index in [9.17, 15) is 14.0 Å². The Balaban J connectivity index is 1.77. The van der Waals surface area contributed by atoms with E-state index in [1.807, 2.05) is 20.8 Å². The summed E-state index contributed by atoms with van der Waals surface area (Å²) in [6.45, 7) is 6.16. The van der Waals surface area contributed by atoms with Crippen molar-refractivity contribution in [2.45, 2.75) is 57.6 Å². The summed E-state index contributed by atoms with van der Waals surface area (Å²) < 4.78 is 24.6. The first kappa shape index (κ1) is 18.7. The van der Waals surface area contributed by atoms with Crippen LogP contribution in [0.3, 0.4) is 0 Å². The van der Waals surface area contributed by atoms with E-state index in [4.69, 9.17) is 9.47 Å². The number of methoxy groups -OCH3 is 1. The molecule has 26 heavy (non-hydrogen) atoms. The van der Waals surface area contributed by atoms with Crippen molar-refractivity contribution < 1.29 is 23.5 Å². The highest BCUT2D eigenvalue weighted by Gasteiger charge is 2.48. The summed E-state index contributed by atoms with van der Waals surface area (Å²) in [7, 11) is 1.30. The second kappa shape index (κ2) is 6.89. The minimum atomic E-state index is -0.570. The quantitative estimate of drug-likeness (QED) is 0.739. The highest BCUT2D eigenvalue weighted by Crippen LogP contribution is 2.47. The van der Waals surface area contributed by atoms with Crippen LogP contribution in [0.2, 0.25) is 0 Å². The van der Waals surface area contributed by atoms with Crippen molar-refractivity contribution in [2.24, 2.45) is 5.92 Å². The third-order valence-electron chi connectivity index (χ3n) is 4.75. The monoisotopic (exact) mass is 363 g/mol. The van der Waals surface area contributed by atoms with Gasteiger partial charge in [0.05, 0.1) is 12.7 Å². The first-order valence-electron chi connectivity index (χ1n) is 9.07. The number of carbonyl (C=O) groups excluding carboxylic acids is 2.